The maximum absolute atomic E-state index is 13.7. The normalized spacial score (nSPS) is 27.8. The Bertz CT molecular complexity index is 927. The Morgan fingerprint density at radius 3 is 2.77 bits per heavy atom. The first-order valence-corrected chi connectivity index (χ1v) is 9.13. The molecule has 0 spiro atoms. The monoisotopic (exact) mass is 431 g/mol. The summed E-state index contributed by atoms with van der Waals surface area (Å²) in [7, 11) is 0. The Hall–Kier alpha value is -1.85. The number of nitrogens with zero attached hydrogens (tertiary/aromatic N) is 2. The average molecular weight is 431 g/mol. The van der Waals surface area contributed by atoms with E-state index in [1.165, 1.54) is 22.1 Å². The summed E-state index contributed by atoms with van der Waals surface area (Å²) in [5.41, 5.74) is -0.303. The van der Waals surface area contributed by atoms with Crippen LogP contribution >= 0.6 is 0 Å². The van der Waals surface area contributed by atoms with Crippen molar-refractivity contribution < 1.29 is 33.0 Å². The summed E-state index contributed by atoms with van der Waals surface area (Å²) in [4.78, 5) is 40.7. The Morgan fingerprint density at radius 2 is 2.07 bits per heavy atom. The number of aliphatic hydroxyl groups is 1. The zero-order chi connectivity index (χ0) is 20.9. The molecule has 2 unspecified atom stereocenters. The number of nitrogens with one attached hydrogen (secondary N) is 1. The van der Waals surface area contributed by atoms with Crippen molar-refractivity contribution in [3.05, 3.63) is 47.2 Å². The maximum atomic E-state index is 13.7. The molecule has 0 bridgehead atoms. The van der Waals surface area contributed by atoms with Gasteiger partial charge in [-0.2, -0.15) is 0 Å². The van der Waals surface area contributed by atoms with Crippen molar-refractivity contribution in [3.63, 3.8) is 0 Å². The summed E-state index contributed by atoms with van der Waals surface area (Å²) < 4.78 is 32.3. The molecule has 30 heavy (non-hydrogen) atoms. The van der Waals surface area contributed by atoms with E-state index in [0.717, 1.165) is 6.07 Å². The molecule has 4 rings (SSSR count). The first-order valence-electron chi connectivity index (χ1n) is 9.13. The number of hydrogen-bond acceptors (Lipinski definition) is 6. The van der Waals surface area contributed by atoms with Crippen molar-refractivity contribution in [1.29, 1.82) is 0 Å². The summed E-state index contributed by atoms with van der Waals surface area (Å²) in [6.45, 7) is 2.09. The third kappa shape index (κ3) is 3.90. The van der Waals surface area contributed by atoms with Gasteiger partial charge >= 0.3 is 29.6 Å². The third-order valence-electron chi connectivity index (χ3n) is 5.37. The number of hydrogen-bond donors (Lipinski definition) is 2. The molecule has 11 heteroatoms. The SMILES string of the molecule is C[C@@H]1CO[C@H]2CN3C=C(C(=O)NCc4ccc(F)cc4F)C(=O)C(O)C3C(=O)N12.[NaH]. The molecule has 3 aliphatic rings. The molecule has 0 saturated carbocycles. The quantitative estimate of drug-likeness (QED) is 0.472. The fraction of sp³-hybridized carbons (Fsp3) is 0.421. The molecule has 1 aromatic carbocycles. The van der Waals surface area contributed by atoms with E-state index >= 15 is 0 Å². The van der Waals surface area contributed by atoms with E-state index in [4.69, 9.17) is 4.74 Å². The first-order chi connectivity index (χ1) is 13.8. The second-order valence-electron chi connectivity index (χ2n) is 7.29. The van der Waals surface area contributed by atoms with Gasteiger partial charge in [0.1, 0.15) is 35.6 Å². The summed E-state index contributed by atoms with van der Waals surface area (Å²) in [6.07, 6.45) is -0.995. The van der Waals surface area contributed by atoms with Crippen LogP contribution in [0.15, 0.2) is 30.0 Å². The number of halogens is 2. The van der Waals surface area contributed by atoms with Crippen molar-refractivity contribution in [3.8, 4) is 0 Å². The van der Waals surface area contributed by atoms with Crippen LogP contribution in [-0.2, 0) is 25.7 Å². The molecule has 3 heterocycles. The minimum absolute atomic E-state index is 0. The van der Waals surface area contributed by atoms with Crippen LogP contribution in [0.2, 0.25) is 0 Å². The van der Waals surface area contributed by atoms with Crippen molar-refractivity contribution in [2.45, 2.75) is 37.9 Å². The molecule has 4 atom stereocenters. The predicted octanol–water partition coefficient (Wildman–Crippen LogP) is -0.982. The summed E-state index contributed by atoms with van der Waals surface area (Å²) in [5.74, 6) is -3.72. The predicted molar refractivity (Wildman–Crippen MR) is 101 cm³/mol. The van der Waals surface area contributed by atoms with Gasteiger partial charge in [-0.3, -0.25) is 14.4 Å². The van der Waals surface area contributed by atoms with Crippen LogP contribution < -0.4 is 5.32 Å². The van der Waals surface area contributed by atoms with Crippen LogP contribution in [0.1, 0.15) is 12.5 Å². The number of benzene rings is 1. The van der Waals surface area contributed by atoms with Crippen LogP contribution in [0.3, 0.4) is 0 Å². The minimum atomic E-state index is -1.70. The number of rotatable bonds is 3. The number of ketones is 1. The second kappa shape index (κ2) is 8.72. The van der Waals surface area contributed by atoms with Gasteiger partial charge in [0.15, 0.2) is 0 Å². The number of amides is 2. The van der Waals surface area contributed by atoms with E-state index in [-0.39, 0.29) is 59.8 Å². The Balaban J connectivity index is 0.00000256. The number of carbonyl (C=O) groups is 3. The van der Waals surface area contributed by atoms with Gasteiger partial charge in [0.05, 0.1) is 19.2 Å². The first kappa shape index (κ1) is 22.8. The van der Waals surface area contributed by atoms with Crippen LogP contribution in [-0.4, -0.2) is 99.6 Å². The molecule has 0 aromatic heterocycles. The van der Waals surface area contributed by atoms with Gasteiger partial charge in [-0.25, -0.2) is 8.78 Å². The number of fused-ring (bicyclic) bond motifs is 2. The average Bonchev–Trinajstić information content (AvgIpc) is 3.04. The molecule has 2 amide bonds. The molecular weight excluding hydrogens is 411 g/mol. The number of ether oxygens (including phenoxy) is 1. The van der Waals surface area contributed by atoms with Gasteiger partial charge in [-0.05, 0) is 13.0 Å². The number of carbonyl (C=O) groups excluding carboxylic acids is 3. The summed E-state index contributed by atoms with van der Waals surface area (Å²) in [5, 5.41) is 12.8. The molecule has 0 aliphatic carbocycles. The van der Waals surface area contributed by atoms with E-state index in [1.54, 1.807) is 0 Å². The van der Waals surface area contributed by atoms with E-state index in [1.807, 2.05) is 6.92 Å². The van der Waals surface area contributed by atoms with Crippen molar-refractivity contribution >= 4 is 47.2 Å². The second-order valence-corrected chi connectivity index (χ2v) is 7.29. The van der Waals surface area contributed by atoms with Crippen LogP contribution in [0.25, 0.3) is 0 Å². The summed E-state index contributed by atoms with van der Waals surface area (Å²) >= 11 is 0. The number of Topliss-reactive ketones (excluding diaryl/α,β-unsaturated/α-hetero) is 1. The van der Waals surface area contributed by atoms with Crippen LogP contribution in [0.5, 0.6) is 0 Å². The van der Waals surface area contributed by atoms with E-state index < -0.39 is 47.6 Å². The zero-order valence-electron chi connectivity index (χ0n) is 15.5. The molecule has 2 fully saturated rings. The zero-order valence-corrected chi connectivity index (χ0v) is 15.5. The standard InChI is InChI=1S/C19H19F2N3O5.Na.H/c1-9-8-29-14-7-23-6-12(16(25)17(26)15(23)19(28)24(9)14)18(27)22-5-10-2-3-11(20)4-13(10)21;;/h2-4,6,9,14-15,17,26H,5,7-8H2,1H3,(H,22,27);;/t9-,14+,15?,17?;;/m1../s1. The third-order valence-corrected chi connectivity index (χ3v) is 5.37. The summed E-state index contributed by atoms with van der Waals surface area (Å²) in [6, 6.07) is 1.64. The van der Waals surface area contributed by atoms with Gasteiger partial charge in [-0.1, -0.05) is 6.07 Å². The molecule has 156 valence electrons. The van der Waals surface area contributed by atoms with Gasteiger partial charge in [0.2, 0.25) is 5.78 Å². The van der Waals surface area contributed by atoms with Crippen molar-refractivity contribution in [1.82, 2.24) is 15.1 Å². The molecule has 2 saturated heterocycles. The number of aliphatic hydroxyl groups excluding tert-OH is 1. The molecule has 1 aromatic rings. The van der Waals surface area contributed by atoms with Gasteiger partial charge in [-0.15, -0.1) is 0 Å². The van der Waals surface area contributed by atoms with Gasteiger partial charge in [0, 0.05) is 24.4 Å². The Morgan fingerprint density at radius 1 is 1.33 bits per heavy atom. The van der Waals surface area contributed by atoms with Gasteiger partial charge in [0.25, 0.3) is 11.8 Å². The molecule has 3 aliphatic heterocycles. The molecule has 2 N–H and O–H groups in total. The van der Waals surface area contributed by atoms with Crippen molar-refractivity contribution in [2.24, 2.45) is 0 Å². The van der Waals surface area contributed by atoms with Gasteiger partial charge < -0.3 is 25.0 Å². The van der Waals surface area contributed by atoms with Crippen LogP contribution in [0.4, 0.5) is 8.78 Å². The molecule has 8 nitrogen and oxygen atoms in total. The Kier molecular flexibility index (Phi) is 6.63. The van der Waals surface area contributed by atoms with Crippen LogP contribution in [0, 0.1) is 11.6 Å². The topological polar surface area (TPSA) is 99.2 Å². The Labute approximate surface area is 193 Å². The van der Waals surface area contributed by atoms with E-state index in [0.29, 0.717) is 12.7 Å². The molecule has 0 radical (unpaired) electrons. The molecular formula is C19H20F2N3NaO5. The van der Waals surface area contributed by atoms with E-state index in [2.05, 4.69) is 5.32 Å². The van der Waals surface area contributed by atoms with E-state index in [9.17, 15) is 28.3 Å². The fourth-order valence-electron chi connectivity index (χ4n) is 3.87. The van der Waals surface area contributed by atoms with Crippen molar-refractivity contribution in [2.75, 3.05) is 13.2 Å². The fourth-order valence-corrected chi connectivity index (χ4v) is 3.87. The number of piperazine rings is 1.